The minimum absolute atomic E-state index is 0.0452. The van der Waals surface area contributed by atoms with Gasteiger partial charge in [-0.15, -0.1) is 0 Å². The highest BCUT2D eigenvalue weighted by molar-refractivity contribution is 6.94. The van der Waals surface area contributed by atoms with Crippen molar-refractivity contribution in [1.29, 1.82) is 0 Å². The Kier molecular flexibility index (Phi) is 8.47. The molecule has 9 aromatic rings. The van der Waals surface area contributed by atoms with E-state index >= 15 is 0 Å². The van der Waals surface area contributed by atoms with Crippen molar-refractivity contribution in [1.82, 2.24) is 0 Å². The van der Waals surface area contributed by atoms with E-state index in [0.29, 0.717) is 0 Å². The number of benzene rings is 8. The molecule has 68 heavy (non-hydrogen) atoms. The second-order valence-electron chi connectivity index (χ2n) is 23.2. The summed E-state index contributed by atoms with van der Waals surface area (Å²) in [5.41, 5.74) is 26.1. The number of hydrogen-bond acceptors (Lipinski definition) is 3. The first-order valence-electron chi connectivity index (χ1n) is 24.8. The first-order chi connectivity index (χ1) is 32.5. The monoisotopic (exact) mass is 882 g/mol. The maximum atomic E-state index is 7.20. The highest BCUT2D eigenvalue weighted by atomic mass is 16.3. The number of para-hydroxylation sites is 2. The van der Waals surface area contributed by atoms with Crippen molar-refractivity contribution in [2.24, 2.45) is 0 Å². The van der Waals surface area contributed by atoms with Crippen LogP contribution in [0.2, 0.25) is 0 Å². The van der Waals surface area contributed by atoms with Gasteiger partial charge in [-0.1, -0.05) is 165 Å². The van der Waals surface area contributed by atoms with Gasteiger partial charge in [0.05, 0.1) is 5.69 Å². The molecule has 334 valence electrons. The number of aryl methyl sites for hydroxylation is 1. The summed E-state index contributed by atoms with van der Waals surface area (Å²) < 4.78 is 7.20. The van der Waals surface area contributed by atoms with E-state index < -0.39 is 0 Å². The first kappa shape index (κ1) is 41.4. The molecule has 13 rings (SSSR count). The normalized spacial score (nSPS) is 16.8. The van der Waals surface area contributed by atoms with Crippen molar-refractivity contribution in [3.05, 3.63) is 185 Å². The van der Waals surface area contributed by atoms with Crippen LogP contribution < -0.4 is 20.6 Å². The van der Waals surface area contributed by atoms with Crippen molar-refractivity contribution in [3.63, 3.8) is 0 Å². The van der Waals surface area contributed by atoms with Crippen molar-refractivity contribution in [3.8, 4) is 33.4 Å². The van der Waals surface area contributed by atoms with Gasteiger partial charge in [-0.05, 0) is 145 Å². The van der Waals surface area contributed by atoms with Gasteiger partial charge in [0.15, 0.2) is 0 Å². The van der Waals surface area contributed by atoms with Crippen LogP contribution in [0.5, 0.6) is 0 Å². The van der Waals surface area contributed by atoms with Crippen LogP contribution >= 0.6 is 0 Å². The Balaban J connectivity index is 1.20. The molecule has 4 heteroatoms. The van der Waals surface area contributed by atoms with Gasteiger partial charge in [0.25, 0.3) is 0 Å². The number of anilines is 5. The van der Waals surface area contributed by atoms with E-state index in [1.807, 2.05) is 0 Å². The van der Waals surface area contributed by atoms with Gasteiger partial charge in [0, 0.05) is 56.1 Å². The van der Waals surface area contributed by atoms with E-state index in [1.54, 1.807) is 0 Å². The zero-order valence-electron chi connectivity index (χ0n) is 41.2. The molecule has 0 radical (unpaired) electrons. The lowest BCUT2D eigenvalue weighted by Crippen LogP contribution is -2.63. The molecule has 4 aliphatic rings. The van der Waals surface area contributed by atoms with Gasteiger partial charge < -0.3 is 14.1 Å². The van der Waals surface area contributed by atoms with Crippen molar-refractivity contribution in [2.45, 2.75) is 104 Å². The molecule has 1 aromatic heterocycles. The van der Waals surface area contributed by atoms with Crippen LogP contribution in [0.4, 0.5) is 28.4 Å². The molecular weight excluding hydrogens is 824 g/mol. The lowest BCUT2D eigenvalue weighted by molar-refractivity contribution is 0.332. The van der Waals surface area contributed by atoms with E-state index in [-0.39, 0.29) is 28.5 Å². The summed E-state index contributed by atoms with van der Waals surface area (Å²) >= 11 is 0. The van der Waals surface area contributed by atoms with Crippen molar-refractivity contribution in [2.75, 3.05) is 9.71 Å². The topological polar surface area (TPSA) is 19.6 Å². The largest absolute Gasteiger partial charge is 0.456 e. The van der Waals surface area contributed by atoms with Crippen LogP contribution in [-0.2, 0) is 21.7 Å². The fraction of sp³-hybridized carbons (Fsp3) is 0.250. The van der Waals surface area contributed by atoms with E-state index in [1.165, 1.54) is 106 Å². The summed E-state index contributed by atoms with van der Waals surface area (Å²) in [7, 11) is 0. The molecule has 3 nitrogen and oxygen atoms in total. The molecule has 0 saturated carbocycles. The lowest BCUT2D eigenvalue weighted by atomic mass is 9.42. The summed E-state index contributed by atoms with van der Waals surface area (Å²) in [6.07, 6.45) is 2.32. The Hall–Kier alpha value is -6.78. The highest BCUT2D eigenvalue weighted by Gasteiger charge is 2.51. The molecule has 0 fully saturated rings. The molecule has 0 amide bonds. The van der Waals surface area contributed by atoms with Crippen LogP contribution in [0.15, 0.2) is 156 Å². The SMILES string of the molecule is Cc1ccccc1-c1cc2c3c(c1)N(c1ccc(C(C)(C)C)cc1-c1ccccc1)c1cc4oc5cc6c(cc5c4cc1B3N1c3ccccc3C(C)(C)c3cccc-2c31)C(C)(C)CCC6(C)C. The predicted molar refractivity (Wildman–Crippen MR) is 289 cm³/mol. The molecule has 0 saturated heterocycles. The maximum Gasteiger partial charge on any atom is 0.333 e. The van der Waals surface area contributed by atoms with Gasteiger partial charge >= 0.3 is 6.85 Å². The summed E-state index contributed by atoms with van der Waals surface area (Å²) in [6.45, 7) is 23.6. The Morgan fingerprint density at radius 3 is 1.93 bits per heavy atom. The lowest BCUT2D eigenvalue weighted by Gasteiger charge is -2.51. The molecule has 8 aromatic carbocycles. The highest BCUT2D eigenvalue weighted by Crippen LogP contribution is 2.57. The van der Waals surface area contributed by atoms with E-state index in [9.17, 15) is 0 Å². The van der Waals surface area contributed by atoms with Crippen LogP contribution in [0.3, 0.4) is 0 Å². The Morgan fingerprint density at radius 1 is 0.500 bits per heavy atom. The third-order valence-electron chi connectivity index (χ3n) is 16.8. The second kappa shape index (κ2) is 13.9. The molecular formula is C64H59BN2O. The van der Waals surface area contributed by atoms with Gasteiger partial charge in [0.2, 0.25) is 0 Å². The van der Waals surface area contributed by atoms with E-state index in [4.69, 9.17) is 4.42 Å². The molecule has 0 atom stereocenters. The van der Waals surface area contributed by atoms with Crippen LogP contribution in [0.1, 0.15) is 109 Å². The minimum atomic E-state index is -0.209. The molecule has 0 bridgehead atoms. The zero-order valence-corrected chi connectivity index (χ0v) is 41.2. The summed E-state index contributed by atoms with van der Waals surface area (Å²) in [4.78, 5) is 5.34. The van der Waals surface area contributed by atoms with Crippen LogP contribution in [-0.4, -0.2) is 6.85 Å². The van der Waals surface area contributed by atoms with Crippen LogP contribution in [0.25, 0.3) is 55.3 Å². The van der Waals surface area contributed by atoms with Gasteiger partial charge in [0.1, 0.15) is 11.2 Å². The zero-order chi connectivity index (χ0) is 46.8. The minimum Gasteiger partial charge on any atom is -0.456 e. The molecule has 1 aliphatic carbocycles. The second-order valence-corrected chi connectivity index (χ2v) is 23.2. The fourth-order valence-electron chi connectivity index (χ4n) is 12.8. The quantitative estimate of drug-likeness (QED) is 0.165. The summed E-state index contributed by atoms with van der Waals surface area (Å²) in [6, 6.07) is 58.2. The predicted octanol–water partition coefficient (Wildman–Crippen LogP) is 16.2. The molecule has 0 unspecified atom stereocenters. The molecule has 3 aliphatic heterocycles. The Morgan fingerprint density at radius 2 is 1.16 bits per heavy atom. The van der Waals surface area contributed by atoms with Gasteiger partial charge in [-0.25, -0.2) is 0 Å². The fourth-order valence-corrected chi connectivity index (χ4v) is 12.8. The standard InChI is InChI=1S/C64H59BN2O/c1-38-19-14-15-22-42(38)40-31-47-43-23-18-25-49-60(43)67(54-26-17-16-24-48(54)64(49,9)10)65-52-35-46-45-34-50-51(63(7,8)30-29-62(50,5)6)36-57(45)68-58(46)37-55(52)66(56(32-40)59(47)65)53-28-27-41(61(2,3)4)33-44(53)39-20-12-11-13-21-39/h11-28,31-37H,29-30H2,1-10H3. The number of hydrogen-bond donors (Lipinski definition) is 0. The smallest absolute Gasteiger partial charge is 0.333 e. The molecule has 4 heterocycles. The van der Waals surface area contributed by atoms with Crippen molar-refractivity contribution < 1.29 is 4.42 Å². The van der Waals surface area contributed by atoms with Crippen LogP contribution in [0, 0.1) is 6.92 Å². The molecule has 0 N–H and O–H groups in total. The molecule has 0 spiro atoms. The third kappa shape index (κ3) is 5.73. The van der Waals surface area contributed by atoms with Gasteiger partial charge in [-0.3, -0.25) is 0 Å². The summed E-state index contributed by atoms with van der Waals surface area (Å²) in [5.74, 6) is 0. The van der Waals surface area contributed by atoms with Crippen molar-refractivity contribution >= 4 is 68.1 Å². The van der Waals surface area contributed by atoms with Gasteiger partial charge in [-0.2, -0.15) is 0 Å². The number of rotatable bonds is 3. The average molecular weight is 883 g/mol. The summed E-state index contributed by atoms with van der Waals surface area (Å²) in [5, 5.41) is 2.38. The van der Waals surface area contributed by atoms with E-state index in [0.717, 1.165) is 35.4 Å². The number of furan rings is 1. The first-order valence-corrected chi connectivity index (χ1v) is 24.8. The Bertz CT molecular complexity index is 3620. The third-order valence-corrected chi connectivity index (χ3v) is 16.8. The number of nitrogens with zero attached hydrogens (tertiary/aromatic N) is 2. The van der Waals surface area contributed by atoms with E-state index in [2.05, 4.69) is 231 Å². The number of fused-ring (bicyclic) bond motifs is 10. The maximum absolute atomic E-state index is 7.20. The Labute approximate surface area is 402 Å². The average Bonchev–Trinajstić information content (AvgIpc) is 3.68.